The van der Waals surface area contributed by atoms with E-state index in [4.69, 9.17) is 0 Å². The third-order valence-corrected chi connectivity index (χ3v) is 6.97. The molecular formula is C21H24F2N2O3S. The quantitative estimate of drug-likeness (QED) is 0.742. The van der Waals surface area contributed by atoms with Gasteiger partial charge in [0.2, 0.25) is 15.9 Å². The summed E-state index contributed by atoms with van der Waals surface area (Å²) in [4.78, 5) is 12.5. The van der Waals surface area contributed by atoms with Gasteiger partial charge < -0.3 is 5.32 Å². The van der Waals surface area contributed by atoms with Crippen molar-refractivity contribution in [2.75, 3.05) is 24.2 Å². The average molecular weight is 422 g/mol. The van der Waals surface area contributed by atoms with Gasteiger partial charge in [-0.15, -0.1) is 0 Å². The lowest BCUT2D eigenvalue weighted by Crippen LogP contribution is -2.44. The van der Waals surface area contributed by atoms with E-state index >= 15 is 0 Å². The maximum absolute atomic E-state index is 13.8. The predicted molar refractivity (Wildman–Crippen MR) is 108 cm³/mol. The number of carbonyl (C=O) groups is 1. The Bertz CT molecular complexity index is 952. The lowest BCUT2D eigenvalue weighted by molar-refractivity contribution is -0.120. The largest absolute Gasteiger partial charge is 0.323 e. The van der Waals surface area contributed by atoms with Crippen LogP contribution in [0.25, 0.3) is 0 Å². The van der Waals surface area contributed by atoms with Crippen LogP contribution in [0, 0.1) is 17.6 Å². The fourth-order valence-electron chi connectivity index (χ4n) is 3.47. The Morgan fingerprint density at radius 1 is 1.14 bits per heavy atom. The molecule has 0 radical (unpaired) electrons. The molecule has 156 valence electrons. The van der Waals surface area contributed by atoms with E-state index in [0.717, 1.165) is 17.7 Å². The zero-order chi connectivity index (χ0) is 20.9. The van der Waals surface area contributed by atoms with Crippen LogP contribution < -0.4 is 5.32 Å². The first kappa shape index (κ1) is 21.4. The summed E-state index contributed by atoms with van der Waals surface area (Å²) in [5.74, 6) is -2.61. The van der Waals surface area contributed by atoms with E-state index in [-0.39, 0.29) is 18.0 Å². The Hall–Kier alpha value is -2.32. The second kappa shape index (κ2) is 9.45. The Morgan fingerprint density at radius 2 is 1.90 bits per heavy atom. The molecule has 1 aliphatic heterocycles. The first-order chi connectivity index (χ1) is 13.8. The highest BCUT2D eigenvalue weighted by atomic mass is 32.2. The van der Waals surface area contributed by atoms with Gasteiger partial charge in [0.15, 0.2) is 0 Å². The van der Waals surface area contributed by atoms with Gasteiger partial charge >= 0.3 is 0 Å². The maximum Gasteiger partial charge on any atom is 0.228 e. The summed E-state index contributed by atoms with van der Waals surface area (Å²) in [5.41, 5.74) is 0.971. The summed E-state index contributed by atoms with van der Waals surface area (Å²) in [5, 5.41) is 2.44. The Kier molecular flexibility index (Phi) is 6.97. The molecule has 0 spiro atoms. The van der Waals surface area contributed by atoms with Crippen LogP contribution in [0.5, 0.6) is 0 Å². The fraction of sp³-hybridized carbons (Fsp3) is 0.381. The minimum Gasteiger partial charge on any atom is -0.323 e. The van der Waals surface area contributed by atoms with Crippen molar-refractivity contribution in [3.8, 4) is 0 Å². The van der Waals surface area contributed by atoms with Gasteiger partial charge in [-0.3, -0.25) is 4.79 Å². The minimum atomic E-state index is -3.48. The Balaban J connectivity index is 1.56. The van der Waals surface area contributed by atoms with Crippen molar-refractivity contribution in [2.45, 2.75) is 25.7 Å². The van der Waals surface area contributed by atoms with Crippen LogP contribution in [-0.4, -0.2) is 37.5 Å². The van der Waals surface area contributed by atoms with E-state index in [9.17, 15) is 22.0 Å². The van der Waals surface area contributed by atoms with Gasteiger partial charge in [0, 0.05) is 19.2 Å². The molecule has 1 heterocycles. The first-order valence-corrected chi connectivity index (χ1v) is 11.2. The molecule has 5 nitrogen and oxygen atoms in total. The van der Waals surface area contributed by atoms with Crippen molar-refractivity contribution < 1.29 is 22.0 Å². The van der Waals surface area contributed by atoms with E-state index in [1.807, 2.05) is 30.3 Å². The number of rotatable bonds is 7. The van der Waals surface area contributed by atoms with Gasteiger partial charge in [-0.2, -0.15) is 0 Å². The second-order valence-corrected chi connectivity index (χ2v) is 9.30. The van der Waals surface area contributed by atoms with Crippen molar-refractivity contribution >= 4 is 21.6 Å². The molecule has 8 heteroatoms. The zero-order valence-corrected chi connectivity index (χ0v) is 16.8. The van der Waals surface area contributed by atoms with Crippen LogP contribution in [0.3, 0.4) is 0 Å². The summed E-state index contributed by atoms with van der Waals surface area (Å²) < 4.78 is 53.5. The number of amides is 1. The van der Waals surface area contributed by atoms with Crippen molar-refractivity contribution in [1.82, 2.24) is 4.31 Å². The van der Waals surface area contributed by atoms with Crippen LogP contribution in [-0.2, 0) is 21.2 Å². The Morgan fingerprint density at radius 3 is 2.62 bits per heavy atom. The molecule has 1 saturated heterocycles. The number of sulfonamides is 1. The van der Waals surface area contributed by atoms with Gasteiger partial charge in [0.1, 0.15) is 11.6 Å². The number of nitrogens with zero attached hydrogens (tertiary/aromatic N) is 1. The highest BCUT2D eigenvalue weighted by Crippen LogP contribution is 2.23. The van der Waals surface area contributed by atoms with Crippen LogP contribution >= 0.6 is 0 Å². The van der Waals surface area contributed by atoms with Crippen LogP contribution in [0.2, 0.25) is 0 Å². The van der Waals surface area contributed by atoms with Crippen LogP contribution in [0.1, 0.15) is 24.8 Å². The number of anilines is 1. The molecule has 1 amide bonds. The summed E-state index contributed by atoms with van der Waals surface area (Å²) in [7, 11) is -3.48. The topological polar surface area (TPSA) is 66.5 Å². The molecule has 2 aromatic carbocycles. The second-order valence-electron chi connectivity index (χ2n) is 7.22. The monoisotopic (exact) mass is 422 g/mol. The van der Waals surface area contributed by atoms with Crippen molar-refractivity contribution in [1.29, 1.82) is 0 Å². The van der Waals surface area contributed by atoms with Gasteiger partial charge in [-0.25, -0.2) is 21.5 Å². The zero-order valence-electron chi connectivity index (χ0n) is 16.0. The number of benzene rings is 2. The number of piperidine rings is 1. The molecule has 1 N–H and O–H groups in total. The molecule has 1 aliphatic rings. The molecular weight excluding hydrogens is 398 g/mol. The average Bonchev–Trinajstić information content (AvgIpc) is 2.71. The number of carbonyl (C=O) groups excluding carboxylic acids is 1. The third-order valence-electron chi connectivity index (χ3n) is 5.05. The highest BCUT2D eigenvalue weighted by molar-refractivity contribution is 7.89. The number of nitrogens with one attached hydrogen (secondary N) is 1. The summed E-state index contributed by atoms with van der Waals surface area (Å²) >= 11 is 0. The van der Waals surface area contributed by atoms with E-state index in [1.54, 1.807) is 0 Å². The van der Waals surface area contributed by atoms with E-state index in [2.05, 4.69) is 5.32 Å². The van der Waals surface area contributed by atoms with Gasteiger partial charge in [-0.05, 0) is 43.4 Å². The number of hydrogen-bond donors (Lipinski definition) is 1. The normalized spacial score (nSPS) is 17.8. The molecule has 0 aliphatic carbocycles. The van der Waals surface area contributed by atoms with E-state index in [1.165, 1.54) is 4.31 Å². The maximum atomic E-state index is 13.8. The number of halogens is 2. The van der Waals surface area contributed by atoms with Crippen LogP contribution in [0.15, 0.2) is 48.5 Å². The number of aryl methyl sites for hydroxylation is 1. The molecule has 0 aromatic heterocycles. The van der Waals surface area contributed by atoms with Gasteiger partial charge in [-0.1, -0.05) is 30.3 Å². The summed E-state index contributed by atoms with van der Waals surface area (Å²) in [6.07, 6.45) is 2.24. The van der Waals surface area contributed by atoms with Crippen molar-refractivity contribution in [3.63, 3.8) is 0 Å². The lowest BCUT2D eigenvalue weighted by atomic mass is 9.98. The van der Waals surface area contributed by atoms with Gasteiger partial charge in [0.25, 0.3) is 0 Å². The molecule has 29 heavy (non-hydrogen) atoms. The first-order valence-electron chi connectivity index (χ1n) is 9.63. The van der Waals surface area contributed by atoms with E-state index < -0.39 is 33.5 Å². The summed E-state index contributed by atoms with van der Waals surface area (Å²) in [6, 6.07) is 12.6. The standard InChI is InChI=1S/C21H24F2N2O3S/c22-18-10-11-20(19(23)14-18)24-21(26)17-9-4-12-25(15-17)29(27,28)13-5-8-16-6-2-1-3-7-16/h1-3,6-7,10-11,14,17H,4-5,8-9,12-13,15H2,(H,24,26)/t17-/m0/s1. The van der Waals surface area contributed by atoms with Gasteiger partial charge in [0.05, 0.1) is 17.4 Å². The molecule has 1 atom stereocenters. The molecule has 1 fully saturated rings. The highest BCUT2D eigenvalue weighted by Gasteiger charge is 2.32. The van der Waals surface area contributed by atoms with Crippen molar-refractivity contribution in [3.05, 3.63) is 65.7 Å². The third kappa shape index (κ3) is 5.83. The fourth-order valence-corrected chi connectivity index (χ4v) is 5.05. The molecule has 0 saturated carbocycles. The SMILES string of the molecule is O=C(Nc1ccc(F)cc1F)[C@H]1CCCN(S(=O)(=O)CCCc2ccccc2)C1. The van der Waals surface area contributed by atoms with Crippen LogP contribution in [0.4, 0.5) is 14.5 Å². The Labute approximate surface area is 169 Å². The number of hydrogen-bond acceptors (Lipinski definition) is 3. The summed E-state index contributed by atoms with van der Waals surface area (Å²) in [6.45, 7) is 0.449. The molecule has 3 rings (SSSR count). The van der Waals surface area contributed by atoms with E-state index in [0.29, 0.717) is 38.3 Å². The predicted octanol–water partition coefficient (Wildman–Crippen LogP) is 3.58. The smallest absolute Gasteiger partial charge is 0.228 e. The molecule has 0 unspecified atom stereocenters. The van der Waals surface area contributed by atoms with Crippen molar-refractivity contribution in [2.24, 2.45) is 5.92 Å². The molecule has 2 aromatic rings. The molecule has 0 bridgehead atoms. The lowest BCUT2D eigenvalue weighted by Gasteiger charge is -2.31. The minimum absolute atomic E-state index is 0.0167.